The fourth-order valence-electron chi connectivity index (χ4n) is 1.76. The Labute approximate surface area is 140 Å². The molecule has 0 aliphatic carbocycles. The first-order valence-corrected chi connectivity index (χ1v) is 7.72. The number of hydrogen-bond donors (Lipinski definition) is 1. The Balaban J connectivity index is 2.30. The van der Waals surface area contributed by atoms with Crippen LogP contribution in [0, 0.1) is 6.92 Å². The molecule has 7 heteroatoms. The first-order chi connectivity index (χ1) is 9.38. The Bertz CT molecular complexity index is 649. The molecule has 0 amide bonds. The lowest BCUT2D eigenvalue weighted by Crippen LogP contribution is -2.10. The van der Waals surface area contributed by atoms with Crippen LogP contribution >= 0.6 is 50.7 Å². The molecular formula is C13H11BrCl3N3. The van der Waals surface area contributed by atoms with E-state index in [0.717, 1.165) is 15.7 Å². The highest BCUT2D eigenvalue weighted by atomic mass is 79.9. The Morgan fingerprint density at radius 1 is 1.20 bits per heavy atom. The molecule has 20 heavy (non-hydrogen) atoms. The molecule has 1 atom stereocenters. The van der Waals surface area contributed by atoms with Gasteiger partial charge >= 0.3 is 0 Å². The first kappa shape index (κ1) is 15.8. The molecule has 1 aromatic carbocycles. The minimum Gasteiger partial charge on any atom is -0.362 e. The van der Waals surface area contributed by atoms with Gasteiger partial charge in [0, 0.05) is 10.0 Å². The van der Waals surface area contributed by atoms with E-state index in [1.165, 1.54) is 0 Å². The van der Waals surface area contributed by atoms with Crippen LogP contribution in [0.1, 0.15) is 24.2 Å². The maximum Gasteiger partial charge on any atom is 0.224 e. The van der Waals surface area contributed by atoms with Gasteiger partial charge in [-0.15, -0.1) is 0 Å². The summed E-state index contributed by atoms with van der Waals surface area (Å²) in [5, 5.41) is 4.66. The number of aryl methyl sites for hydroxylation is 1. The van der Waals surface area contributed by atoms with Crippen LogP contribution in [-0.2, 0) is 0 Å². The molecule has 0 fully saturated rings. The molecule has 0 aliphatic rings. The smallest absolute Gasteiger partial charge is 0.224 e. The second kappa shape index (κ2) is 6.48. The minimum absolute atomic E-state index is 0.0542. The van der Waals surface area contributed by atoms with Crippen LogP contribution in [0.2, 0.25) is 15.3 Å². The molecular weight excluding hydrogens is 384 g/mol. The van der Waals surface area contributed by atoms with Crippen molar-refractivity contribution in [2.45, 2.75) is 19.9 Å². The number of nitrogens with zero attached hydrogens (tertiary/aromatic N) is 2. The Morgan fingerprint density at radius 2 is 1.90 bits per heavy atom. The summed E-state index contributed by atoms with van der Waals surface area (Å²) in [4.78, 5) is 8.24. The number of rotatable bonds is 3. The third kappa shape index (κ3) is 3.55. The minimum atomic E-state index is -0.0542. The molecule has 0 saturated carbocycles. The van der Waals surface area contributed by atoms with E-state index in [0.29, 0.717) is 15.9 Å². The van der Waals surface area contributed by atoms with Crippen LogP contribution in [0.3, 0.4) is 0 Å². The zero-order valence-corrected chi connectivity index (χ0v) is 14.6. The van der Waals surface area contributed by atoms with Crippen molar-refractivity contribution in [3.63, 3.8) is 0 Å². The quantitative estimate of drug-likeness (QED) is 0.680. The summed E-state index contributed by atoms with van der Waals surface area (Å²) in [6.07, 6.45) is 0. The normalized spacial score (nSPS) is 12.3. The molecule has 0 unspecified atom stereocenters. The van der Waals surface area contributed by atoms with Crippen molar-refractivity contribution in [2.75, 3.05) is 5.32 Å². The highest BCUT2D eigenvalue weighted by molar-refractivity contribution is 9.10. The third-order valence-electron chi connectivity index (χ3n) is 2.77. The van der Waals surface area contributed by atoms with Crippen molar-refractivity contribution >= 4 is 56.6 Å². The zero-order chi connectivity index (χ0) is 14.9. The fraction of sp³-hybridized carbons (Fsp3) is 0.231. The van der Waals surface area contributed by atoms with E-state index in [2.05, 4.69) is 31.2 Å². The molecule has 3 nitrogen and oxygen atoms in total. The van der Waals surface area contributed by atoms with Crippen LogP contribution in [0.5, 0.6) is 0 Å². The maximum absolute atomic E-state index is 6.20. The highest BCUT2D eigenvalue weighted by Crippen LogP contribution is 2.31. The first-order valence-electron chi connectivity index (χ1n) is 5.79. The SMILES string of the molecule is Cc1nc(Cl)nc(N[C@H](C)c2ccc(Cl)cc2Cl)c1Br. The standard InChI is InChI=1S/C13H11BrCl3N3/c1-6(9-4-3-8(15)5-10(9)16)18-12-11(14)7(2)19-13(17)20-12/h3-6H,1-2H3,(H,18,19,20)/t6-/m1/s1. The molecule has 0 saturated heterocycles. The Morgan fingerprint density at radius 3 is 2.55 bits per heavy atom. The topological polar surface area (TPSA) is 37.8 Å². The van der Waals surface area contributed by atoms with E-state index in [9.17, 15) is 0 Å². The van der Waals surface area contributed by atoms with Gasteiger partial charge in [0.25, 0.3) is 0 Å². The number of halogens is 4. The zero-order valence-electron chi connectivity index (χ0n) is 10.7. The van der Waals surface area contributed by atoms with Gasteiger partial charge < -0.3 is 5.32 Å². The number of aromatic nitrogens is 2. The third-order valence-corrected chi connectivity index (χ3v) is 4.45. The number of anilines is 1. The van der Waals surface area contributed by atoms with Gasteiger partial charge in [-0.25, -0.2) is 4.98 Å². The van der Waals surface area contributed by atoms with Crippen LogP contribution in [-0.4, -0.2) is 9.97 Å². The molecule has 0 aliphatic heterocycles. The molecule has 2 rings (SSSR count). The molecule has 106 valence electrons. The van der Waals surface area contributed by atoms with E-state index in [1.54, 1.807) is 12.1 Å². The van der Waals surface area contributed by atoms with E-state index < -0.39 is 0 Å². The second-order valence-electron chi connectivity index (χ2n) is 4.27. The van der Waals surface area contributed by atoms with Crippen molar-refractivity contribution < 1.29 is 0 Å². The van der Waals surface area contributed by atoms with Gasteiger partial charge in [0.15, 0.2) is 0 Å². The molecule has 1 heterocycles. The summed E-state index contributed by atoms with van der Waals surface area (Å²) in [7, 11) is 0. The number of benzene rings is 1. The number of hydrogen-bond acceptors (Lipinski definition) is 3. The summed E-state index contributed by atoms with van der Waals surface area (Å²) in [6.45, 7) is 3.83. The van der Waals surface area contributed by atoms with Gasteiger partial charge in [-0.05, 0) is 59.1 Å². The molecule has 0 radical (unpaired) electrons. The van der Waals surface area contributed by atoms with Crippen LogP contribution < -0.4 is 5.32 Å². The molecule has 2 aromatic rings. The van der Waals surface area contributed by atoms with Gasteiger partial charge in [0.1, 0.15) is 5.82 Å². The van der Waals surface area contributed by atoms with Crippen LogP contribution in [0.4, 0.5) is 5.82 Å². The average molecular weight is 396 g/mol. The number of nitrogens with one attached hydrogen (secondary N) is 1. The second-order valence-corrected chi connectivity index (χ2v) is 6.25. The van der Waals surface area contributed by atoms with Crippen LogP contribution in [0.25, 0.3) is 0 Å². The lowest BCUT2D eigenvalue weighted by atomic mass is 10.1. The molecule has 0 bridgehead atoms. The van der Waals surface area contributed by atoms with Crippen molar-refractivity contribution in [1.29, 1.82) is 0 Å². The predicted octanol–water partition coefficient (Wildman–Crippen LogP) is 5.68. The molecule has 1 aromatic heterocycles. The lowest BCUT2D eigenvalue weighted by Gasteiger charge is -2.18. The summed E-state index contributed by atoms with van der Waals surface area (Å²) < 4.78 is 0.777. The summed E-state index contributed by atoms with van der Waals surface area (Å²) in [5.74, 6) is 0.626. The van der Waals surface area contributed by atoms with E-state index in [-0.39, 0.29) is 11.3 Å². The van der Waals surface area contributed by atoms with Crippen molar-refractivity contribution in [1.82, 2.24) is 9.97 Å². The largest absolute Gasteiger partial charge is 0.362 e. The van der Waals surface area contributed by atoms with Gasteiger partial charge in [-0.1, -0.05) is 29.3 Å². The Hall–Kier alpha value is -0.550. The van der Waals surface area contributed by atoms with Crippen molar-refractivity contribution in [3.05, 3.63) is 49.3 Å². The van der Waals surface area contributed by atoms with Gasteiger partial charge in [-0.2, -0.15) is 4.98 Å². The summed E-state index contributed by atoms with van der Waals surface area (Å²) in [6, 6.07) is 5.34. The molecule has 1 N–H and O–H groups in total. The van der Waals surface area contributed by atoms with E-state index in [4.69, 9.17) is 34.8 Å². The van der Waals surface area contributed by atoms with Gasteiger partial charge in [-0.3, -0.25) is 0 Å². The van der Waals surface area contributed by atoms with Crippen molar-refractivity contribution in [2.24, 2.45) is 0 Å². The summed E-state index contributed by atoms with van der Waals surface area (Å²) in [5.41, 5.74) is 1.69. The lowest BCUT2D eigenvalue weighted by molar-refractivity contribution is 0.867. The Kier molecular flexibility index (Phi) is 5.13. The summed E-state index contributed by atoms with van der Waals surface area (Å²) >= 11 is 21.4. The fourth-order valence-corrected chi connectivity index (χ4v) is 2.83. The van der Waals surface area contributed by atoms with Gasteiger partial charge in [0.05, 0.1) is 16.2 Å². The molecule has 0 spiro atoms. The highest BCUT2D eigenvalue weighted by Gasteiger charge is 2.14. The van der Waals surface area contributed by atoms with Crippen molar-refractivity contribution in [3.8, 4) is 0 Å². The van der Waals surface area contributed by atoms with E-state index >= 15 is 0 Å². The maximum atomic E-state index is 6.20. The van der Waals surface area contributed by atoms with E-state index in [1.807, 2.05) is 19.9 Å². The monoisotopic (exact) mass is 393 g/mol. The average Bonchev–Trinajstić information content (AvgIpc) is 2.35. The van der Waals surface area contributed by atoms with Gasteiger partial charge in [0.2, 0.25) is 5.28 Å². The van der Waals surface area contributed by atoms with Crippen LogP contribution in [0.15, 0.2) is 22.7 Å². The predicted molar refractivity (Wildman–Crippen MR) is 88.0 cm³/mol.